The van der Waals surface area contributed by atoms with Crippen LogP contribution in [0.25, 0.3) is 5.57 Å². The molecule has 2 fully saturated rings. The van der Waals surface area contributed by atoms with Gasteiger partial charge in [-0.05, 0) is 6.92 Å². The number of aryl methyl sites for hydroxylation is 1. The van der Waals surface area contributed by atoms with Gasteiger partial charge in [-0.15, -0.1) is 33.3 Å². The first-order valence-electron chi connectivity index (χ1n) is 9.63. The molecule has 4 heterocycles. The summed E-state index contributed by atoms with van der Waals surface area (Å²) in [5.74, 6) is -1.41. The molecular formula is C18H17ClN6O5S4. The average molecular weight is 561 g/mol. The maximum atomic E-state index is 12.8. The number of β-lactam (4-membered cyclic amide) rings is 1. The number of hydrogen-bond acceptors (Lipinski definition) is 11. The lowest BCUT2D eigenvalue weighted by Crippen LogP contribution is -2.74. The molecule has 0 aromatic carbocycles. The van der Waals surface area contributed by atoms with Gasteiger partial charge < -0.3 is 20.6 Å². The van der Waals surface area contributed by atoms with Crippen molar-refractivity contribution in [3.63, 3.8) is 0 Å². The van der Waals surface area contributed by atoms with Crippen molar-refractivity contribution < 1.29 is 24.3 Å². The zero-order valence-electron chi connectivity index (χ0n) is 17.4. The zero-order chi connectivity index (χ0) is 24.5. The van der Waals surface area contributed by atoms with Crippen LogP contribution in [0.3, 0.4) is 0 Å². The number of halogens is 1. The molecular weight excluding hydrogens is 544 g/mol. The van der Waals surface area contributed by atoms with E-state index in [9.17, 15) is 24.3 Å². The molecule has 4 rings (SSSR count). The van der Waals surface area contributed by atoms with Crippen LogP contribution in [0, 0.1) is 12.3 Å². The summed E-state index contributed by atoms with van der Waals surface area (Å²) in [6, 6.07) is -0.805. The van der Waals surface area contributed by atoms with Gasteiger partial charge in [-0.3, -0.25) is 19.2 Å². The van der Waals surface area contributed by atoms with Crippen molar-refractivity contribution in [2.24, 2.45) is 5.41 Å². The first-order valence-corrected chi connectivity index (χ1v) is 13.8. The number of thioether (sulfide) groups is 2. The number of nitrogens with zero attached hydrogens (tertiary/aromatic N) is 4. The van der Waals surface area contributed by atoms with Gasteiger partial charge in [-0.2, -0.15) is 0 Å². The third-order valence-corrected chi connectivity index (χ3v) is 10.0. The molecule has 2 aromatic heterocycles. The predicted octanol–water partition coefficient (Wildman–Crippen LogP) is 1.71. The minimum Gasteiger partial charge on any atom is -0.481 e. The topological polar surface area (TPSA) is 154 Å². The SMILES string of the molecule is Cc1nnc(SCC2(C(=O)O)CS[C@@H]3C(NC(=O)C(=CCl)c4csc(NC=O)n4)C(=O)N3C2)s1. The van der Waals surface area contributed by atoms with Crippen LogP contribution in [0.5, 0.6) is 0 Å². The van der Waals surface area contributed by atoms with Crippen molar-refractivity contribution in [1.29, 1.82) is 0 Å². The fourth-order valence-electron chi connectivity index (χ4n) is 3.40. The molecule has 34 heavy (non-hydrogen) atoms. The van der Waals surface area contributed by atoms with E-state index in [1.807, 2.05) is 6.92 Å². The molecule has 16 heteroatoms. The number of carboxylic acids is 1. The average Bonchev–Trinajstić information content (AvgIpc) is 3.45. The van der Waals surface area contributed by atoms with Crippen molar-refractivity contribution in [3.8, 4) is 0 Å². The van der Waals surface area contributed by atoms with Crippen LogP contribution in [-0.4, -0.2) is 78.8 Å². The summed E-state index contributed by atoms with van der Waals surface area (Å²) in [6.45, 7) is 1.87. The second-order valence-corrected chi connectivity index (χ2v) is 12.0. The molecule has 2 aliphatic heterocycles. The fourth-order valence-corrected chi connectivity index (χ4v) is 7.96. The van der Waals surface area contributed by atoms with Crippen LogP contribution in [0.4, 0.5) is 5.13 Å². The van der Waals surface area contributed by atoms with Crippen molar-refractivity contribution in [2.45, 2.75) is 22.7 Å². The highest BCUT2D eigenvalue weighted by atomic mass is 35.5. The van der Waals surface area contributed by atoms with Gasteiger partial charge in [0.25, 0.3) is 5.91 Å². The van der Waals surface area contributed by atoms with E-state index in [0.717, 1.165) is 21.9 Å². The lowest BCUT2D eigenvalue weighted by Gasteiger charge is -2.53. The van der Waals surface area contributed by atoms with Gasteiger partial charge in [0, 0.05) is 29.0 Å². The number of carbonyl (C=O) groups excluding carboxylic acids is 3. The summed E-state index contributed by atoms with van der Waals surface area (Å²) in [5.41, 5.74) is 0.231. The molecule has 2 unspecified atom stereocenters. The highest BCUT2D eigenvalue weighted by Crippen LogP contribution is 2.44. The molecule has 3 atom stereocenters. The fraction of sp³-hybridized carbons (Fsp3) is 0.389. The summed E-state index contributed by atoms with van der Waals surface area (Å²) in [4.78, 5) is 53.9. The Labute approximate surface area is 214 Å². The molecule has 0 radical (unpaired) electrons. The molecule has 0 spiro atoms. The summed E-state index contributed by atoms with van der Waals surface area (Å²) in [6.07, 6.45) is 0.471. The second kappa shape index (κ2) is 10.2. The van der Waals surface area contributed by atoms with E-state index in [-0.39, 0.29) is 40.6 Å². The molecule has 2 saturated heterocycles. The summed E-state index contributed by atoms with van der Waals surface area (Å²) < 4.78 is 0.680. The number of carbonyl (C=O) groups is 4. The number of aromatic nitrogens is 3. The number of hydrogen-bond donors (Lipinski definition) is 3. The van der Waals surface area contributed by atoms with Crippen molar-refractivity contribution >= 4 is 92.7 Å². The van der Waals surface area contributed by atoms with Gasteiger partial charge in [0.2, 0.25) is 12.3 Å². The second-order valence-electron chi connectivity index (χ2n) is 7.40. The number of rotatable bonds is 9. The minimum absolute atomic E-state index is 0.0427. The molecule has 0 saturated carbocycles. The number of anilines is 1. The Bertz CT molecular complexity index is 1170. The van der Waals surface area contributed by atoms with Crippen LogP contribution in [0.2, 0.25) is 0 Å². The Balaban J connectivity index is 1.40. The van der Waals surface area contributed by atoms with Crippen molar-refractivity contribution in [2.75, 3.05) is 23.4 Å². The van der Waals surface area contributed by atoms with Gasteiger partial charge in [-0.1, -0.05) is 34.7 Å². The van der Waals surface area contributed by atoms with Crippen LogP contribution in [-0.2, 0) is 19.2 Å². The van der Waals surface area contributed by atoms with E-state index in [1.165, 1.54) is 39.8 Å². The number of carboxylic acid groups (broad SMARTS) is 1. The molecule has 0 aliphatic carbocycles. The molecule has 2 aliphatic rings. The standard InChI is InChI=1S/C18H17ClN6O5S4/c1-8-23-24-17(34-8)33-6-18(15(29)30)4-25-13(28)11(14(25)32-5-18)22-12(27)9(2-19)10-3-31-16(21-10)20-7-26/h2-3,7,11,14H,4-6H2,1H3,(H,22,27)(H,29,30)(H,20,21,26)/t11?,14-,18?/m1/s1. The molecule has 0 bridgehead atoms. The largest absolute Gasteiger partial charge is 0.481 e. The maximum Gasteiger partial charge on any atom is 0.313 e. The minimum atomic E-state index is -1.14. The quantitative estimate of drug-likeness (QED) is 0.179. The van der Waals surface area contributed by atoms with E-state index in [4.69, 9.17) is 11.6 Å². The summed E-state index contributed by atoms with van der Waals surface area (Å²) >= 11 is 11.0. The van der Waals surface area contributed by atoms with Gasteiger partial charge in [0.1, 0.15) is 21.8 Å². The molecule has 180 valence electrons. The summed E-state index contributed by atoms with van der Waals surface area (Å²) in [7, 11) is 0. The smallest absolute Gasteiger partial charge is 0.313 e. The first kappa shape index (κ1) is 24.9. The Morgan fingerprint density at radius 1 is 1.44 bits per heavy atom. The normalized spacial score (nSPS) is 24.2. The predicted molar refractivity (Wildman–Crippen MR) is 131 cm³/mol. The molecule has 3 amide bonds. The maximum absolute atomic E-state index is 12.8. The highest BCUT2D eigenvalue weighted by molar-refractivity contribution is 8.01. The number of aliphatic carboxylic acids is 1. The number of thiazole rings is 1. The molecule has 2 aromatic rings. The van der Waals surface area contributed by atoms with Crippen LogP contribution in [0.15, 0.2) is 15.3 Å². The van der Waals surface area contributed by atoms with E-state index in [2.05, 4.69) is 25.8 Å². The van der Waals surface area contributed by atoms with Gasteiger partial charge in [0.15, 0.2) is 9.47 Å². The van der Waals surface area contributed by atoms with Crippen molar-refractivity contribution in [3.05, 3.63) is 21.6 Å². The highest BCUT2D eigenvalue weighted by Gasteiger charge is 2.57. The Kier molecular flexibility index (Phi) is 7.47. The van der Waals surface area contributed by atoms with E-state index in [1.54, 1.807) is 5.38 Å². The lowest BCUT2D eigenvalue weighted by molar-refractivity contribution is -0.157. The Morgan fingerprint density at radius 3 is 2.88 bits per heavy atom. The monoisotopic (exact) mass is 560 g/mol. The number of nitrogens with one attached hydrogen (secondary N) is 2. The van der Waals surface area contributed by atoms with E-state index in [0.29, 0.717) is 15.9 Å². The van der Waals surface area contributed by atoms with Gasteiger partial charge >= 0.3 is 5.97 Å². The third kappa shape index (κ3) is 4.79. The van der Waals surface area contributed by atoms with Crippen LogP contribution in [0.1, 0.15) is 10.7 Å². The van der Waals surface area contributed by atoms with Crippen molar-refractivity contribution in [1.82, 2.24) is 25.4 Å². The first-order chi connectivity index (χ1) is 16.3. The molecule has 11 nitrogen and oxygen atoms in total. The third-order valence-electron chi connectivity index (χ3n) is 5.18. The Hall–Kier alpha value is -2.20. The van der Waals surface area contributed by atoms with Crippen LogP contribution >= 0.6 is 57.8 Å². The summed E-state index contributed by atoms with van der Waals surface area (Å²) in [5, 5.41) is 25.3. The van der Waals surface area contributed by atoms with E-state index >= 15 is 0 Å². The van der Waals surface area contributed by atoms with Gasteiger partial charge in [0.05, 0.1) is 11.3 Å². The zero-order valence-corrected chi connectivity index (χ0v) is 21.4. The van der Waals surface area contributed by atoms with Crippen LogP contribution < -0.4 is 10.6 Å². The Morgan fingerprint density at radius 2 is 2.24 bits per heavy atom. The van der Waals surface area contributed by atoms with Gasteiger partial charge in [-0.25, -0.2) is 4.98 Å². The number of fused-ring (bicyclic) bond motifs is 1. The lowest BCUT2D eigenvalue weighted by atomic mass is 9.89. The molecule has 3 N–H and O–H groups in total. The number of amides is 3. The van der Waals surface area contributed by atoms with E-state index < -0.39 is 23.3 Å².